The van der Waals surface area contributed by atoms with Crippen LogP contribution in [0.1, 0.15) is 24.1 Å². The van der Waals surface area contributed by atoms with Crippen molar-refractivity contribution >= 4 is 11.3 Å². The van der Waals surface area contributed by atoms with Crippen molar-refractivity contribution in [3.63, 3.8) is 0 Å². The average Bonchev–Trinajstić information content (AvgIpc) is 2.95. The van der Waals surface area contributed by atoms with E-state index in [1.807, 2.05) is 5.51 Å². The molecule has 1 aliphatic heterocycles. The lowest BCUT2D eigenvalue weighted by Crippen LogP contribution is -2.33. The second-order valence-corrected chi connectivity index (χ2v) is 6.11. The molecule has 0 bridgehead atoms. The number of nitrogens with zero attached hydrogens (tertiary/aromatic N) is 2. The van der Waals surface area contributed by atoms with E-state index >= 15 is 0 Å². The highest BCUT2D eigenvalue weighted by Gasteiger charge is 2.19. The minimum absolute atomic E-state index is 0.856. The van der Waals surface area contributed by atoms with Crippen LogP contribution in [-0.4, -0.2) is 23.0 Å². The highest BCUT2D eigenvalue weighted by atomic mass is 32.1. The van der Waals surface area contributed by atoms with Crippen LogP contribution in [-0.2, 0) is 13.0 Å². The molecule has 0 atom stereocenters. The van der Waals surface area contributed by atoms with Crippen molar-refractivity contribution in [2.24, 2.45) is 5.92 Å². The predicted octanol–water partition coefficient (Wildman–Crippen LogP) is 3.60. The molecule has 19 heavy (non-hydrogen) atoms. The van der Waals surface area contributed by atoms with Crippen LogP contribution < -0.4 is 0 Å². The number of aromatic nitrogens is 1. The first-order chi connectivity index (χ1) is 9.40. The highest BCUT2D eigenvalue weighted by molar-refractivity contribution is 7.07. The van der Waals surface area contributed by atoms with E-state index < -0.39 is 0 Å². The number of rotatable bonds is 4. The maximum Gasteiger partial charge on any atom is 0.0795 e. The minimum atomic E-state index is 0.856. The van der Waals surface area contributed by atoms with Crippen LogP contribution in [0.4, 0.5) is 0 Å². The molecule has 2 aromatic rings. The molecular formula is C16H20N2S. The molecule has 0 aliphatic carbocycles. The Labute approximate surface area is 119 Å². The molecule has 0 spiro atoms. The summed E-state index contributed by atoms with van der Waals surface area (Å²) in [7, 11) is 0. The van der Waals surface area contributed by atoms with Crippen molar-refractivity contribution in [2.45, 2.75) is 25.8 Å². The lowest BCUT2D eigenvalue weighted by atomic mass is 9.90. The third kappa shape index (κ3) is 3.64. The first kappa shape index (κ1) is 12.8. The molecule has 2 heterocycles. The number of thiazole rings is 1. The van der Waals surface area contributed by atoms with Gasteiger partial charge in [-0.15, -0.1) is 11.3 Å². The summed E-state index contributed by atoms with van der Waals surface area (Å²) in [5, 5.41) is 2.16. The fourth-order valence-electron chi connectivity index (χ4n) is 2.84. The summed E-state index contributed by atoms with van der Waals surface area (Å²) < 4.78 is 0. The van der Waals surface area contributed by atoms with Gasteiger partial charge in [0.2, 0.25) is 0 Å². The van der Waals surface area contributed by atoms with Crippen LogP contribution in [0.15, 0.2) is 41.2 Å². The Balaban J connectivity index is 1.47. The minimum Gasteiger partial charge on any atom is -0.297 e. The van der Waals surface area contributed by atoms with E-state index in [-0.39, 0.29) is 0 Å². The van der Waals surface area contributed by atoms with Gasteiger partial charge in [-0.05, 0) is 43.8 Å². The molecule has 0 radical (unpaired) electrons. The summed E-state index contributed by atoms with van der Waals surface area (Å²) in [5.41, 5.74) is 4.64. The van der Waals surface area contributed by atoms with Gasteiger partial charge in [-0.2, -0.15) is 0 Å². The van der Waals surface area contributed by atoms with Crippen molar-refractivity contribution in [3.8, 4) is 0 Å². The van der Waals surface area contributed by atoms with Crippen LogP contribution in [0, 0.1) is 5.92 Å². The van der Waals surface area contributed by atoms with Crippen molar-refractivity contribution < 1.29 is 0 Å². The highest BCUT2D eigenvalue weighted by Crippen LogP contribution is 2.22. The molecule has 1 aromatic carbocycles. The van der Waals surface area contributed by atoms with Gasteiger partial charge >= 0.3 is 0 Å². The molecule has 1 fully saturated rings. The molecule has 0 saturated carbocycles. The number of benzene rings is 1. The normalized spacial score (nSPS) is 17.7. The van der Waals surface area contributed by atoms with Gasteiger partial charge in [-0.25, -0.2) is 4.98 Å². The second kappa shape index (κ2) is 6.31. The van der Waals surface area contributed by atoms with Gasteiger partial charge in [-0.1, -0.05) is 30.3 Å². The Hall–Kier alpha value is -1.19. The van der Waals surface area contributed by atoms with E-state index in [9.17, 15) is 0 Å². The summed E-state index contributed by atoms with van der Waals surface area (Å²) in [6.07, 6.45) is 3.88. The molecule has 100 valence electrons. The predicted molar refractivity (Wildman–Crippen MR) is 80.3 cm³/mol. The number of hydrogen-bond donors (Lipinski definition) is 0. The average molecular weight is 272 g/mol. The topological polar surface area (TPSA) is 16.1 Å². The van der Waals surface area contributed by atoms with E-state index in [1.165, 1.54) is 43.6 Å². The van der Waals surface area contributed by atoms with Gasteiger partial charge in [0, 0.05) is 11.9 Å². The Morgan fingerprint density at radius 1 is 1.16 bits per heavy atom. The van der Waals surface area contributed by atoms with E-state index in [2.05, 4.69) is 45.6 Å². The molecule has 0 unspecified atom stereocenters. The summed E-state index contributed by atoms with van der Waals surface area (Å²) in [4.78, 5) is 6.91. The first-order valence-corrected chi connectivity index (χ1v) is 7.98. The summed E-state index contributed by atoms with van der Waals surface area (Å²) in [6.45, 7) is 3.46. The molecule has 0 amide bonds. The smallest absolute Gasteiger partial charge is 0.0795 e. The van der Waals surface area contributed by atoms with E-state index in [1.54, 1.807) is 11.3 Å². The van der Waals surface area contributed by atoms with Gasteiger partial charge < -0.3 is 0 Å². The van der Waals surface area contributed by atoms with E-state index in [0.717, 1.165) is 12.5 Å². The van der Waals surface area contributed by atoms with Crippen molar-refractivity contribution in [3.05, 3.63) is 52.5 Å². The van der Waals surface area contributed by atoms with Crippen LogP contribution in [0.2, 0.25) is 0 Å². The van der Waals surface area contributed by atoms with Gasteiger partial charge in [0.1, 0.15) is 0 Å². The lowest BCUT2D eigenvalue weighted by Gasteiger charge is -2.31. The molecule has 3 heteroatoms. The van der Waals surface area contributed by atoms with Gasteiger partial charge in [-0.3, -0.25) is 4.90 Å². The van der Waals surface area contributed by atoms with E-state index in [0.29, 0.717) is 0 Å². The van der Waals surface area contributed by atoms with Crippen LogP contribution >= 0.6 is 11.3 Å². The van der Waals surface area contributed by atoms with E-state index in [4.69, 9.17) is 0 Å². The molecule has 1 aliphatic rings. The standard InChI is InChI=1S/C16H20N2S/c1-2-4-14(5-3-1)10-15-6-8-18(9-7-15)11-16-12-19-13-17-16/h1-5,12-13,15H,6-11H2. The molecule has 2 nitrogen and oxygen atoms in total. The number of likely N-dealkylation sites (tertiary alicyclic amines) is 1. The Morgan fingerprint density at radius 2 is 1.95 bits per heavy atom. The summed E-state index contributed by atoms with van der Waals surface area (Å²) in [5.74, 6) is 0.856. The maximum atomic E-state index is 4.37. The third-order valence-electron chi connectivity index (χ3n) is 3.94. The van der Waals surface area contributed by atoms with Gasteiger partial charge in [0.05, 0.1) is 11.2 Å². The van der Waals surface area contributed by atoms with Crippen LogP contribution in [0.25, 0.3) is 0 Å². The van der Waals surface area contributed by atoms with Gasteiger partial charge in [0.25, 0.3) is 0 Å². The number of hydrogen-bond acceptors (Lipinski definition) is 3. The zero-order valence-electron chi connectivity index (χ0n) is 11.2. The summed E-state index contributed by atoms with van der Waals surface area (Å²) >= 11 is 1.69. The molecule has 1 aromatic heterocycles. The quantitative estimate of drug-likeness (QED) is 0.845. The van der Waals surface area contributed by atoms with Crippen molar-refractivity contribution in [2.75, 3.05) is 13.1 Å². The molecule has 1 saturated heterocycles. The summed E-state index contributed by atoms with van der Waals surface area (Å²) in [6, 6.07) is 10.9. The maximum absolute atomic E-state index is 4.37. The SMILES string of the molecule is c1ccc(CC2CCN(Cc3cscn3)CC2)cc1. The zero-order chi connectivity index (χ0) is 12.9. The zero-order valence-corrected chi connectivity index (χ0v) is 12.0. The number of piperidine rings is 1. The van der Waals surface area contributed by atoms with Crippen LogP contribution in [0.5, 0.6) is 0 Å². The first-order valence-electron chi connectivity index (χ1n) is 7.03. The Bertz CT molecular complexity index is 473. The van der Waals surface area contributed by atoms with Crippen molar-refractivity contribution in [1.82, 2.24) is 9.88 Å². The molecule has 3 rings (SSSR count). The Morgan fingerprint density at radius 3 is 2.63 bits per heavy atom. The fourth-order valence-corrected chi connectivity index (χ4v) is 3.39. The third-order valence-corrected chi connectivity index (χ3v) is 4.58. The second-order valence-electron chi connectivity index (χ2n) is 5.39. The lowest BCUT2D eigenvalue weighted by molar-refractivity contribution is 0.175. The monoisotopic (exact) mass is 272 g/mol. The fraction of sp³-hybridized carbons (Fsp3) is 0.438. The largest absolute Gasteiger partial charge is 0.297 e. The van der Waals surface area contributed by atoms with Gasteiger partial charge in [0.15, 0.2) is 0 Å². The van der Waals surface area contributed by atoms with Crippen LogP contribution in [0.3, 0.4) is 0 Å². The van der Waals surface area contributed by atoms with Crippen molar-refractivity contribution in [1.29, 1.82) is 0 Å². The molecular weight excluding hydrogens is 252 g/mol. The Kier molecular flexibility index (Phi) is 4.26. The molecule has 0 N–H and O–H groups in total.